The Labute approximate surface area is 67.2 Å². The van der Waals surface area contributed by atoms with Gasteiger partial charge in [-0.2, -0.15) is 0 Å². The van der Waals surface area contributed by atoms with E-state index in [1.807, 2.05) is 26.8 Å². The van der Waals surface area contributed by atoms with Gasteiger partial charge in [0.2, 0.25) is 0 Å². The average molecular weight is 151 g/mol. The van der Waals surface area contributed by atoms with Crippen molar-refractivity contribution < 1.29 is 4.74 Å². The summed E-state index contributed by atoms with van der Waals surface area (Å²) >= 11 is 0. The van der Waals surface area contributed by atoms with E-state index in [9.17, 15) is 0 Å². The molecule has 0 aromatic carbocycles. The predicted octanol–water partition coefficient (Wildman–Crippen LogP) is 2.02. The Hall–Kier alpha value is -1.05. The van der Waals surface area contributed by atoms with Gasteiger partial charge in [0.05, 0.1) is 7.11 Å². The maximum atomic E-state index is 5.17. The molecule has 0 radical (unpaired) electrons. The van der Waals surface area contributed by atoms with Crippen molar-refractivity contribution in [3.8, 4) is 5.75 Å². The minimum atomic E-state index is 0.926. The van der Waals surface area contributed by atoms with Crippen LogP contribution in [-0.2, 0) is 0 Å². The Bertz CT molecular complexity index is 269. The molecule has 0 unspecified atom stereocenters. The molecule has 60 valence electrons. The molecular weight excluding hydrogens is 138 g/mol. The van der Waals surface area contributed by atoms with Crippen molar-refractivity contribution in [3.63, 3.8) is 0 Å². The van der Waals surface area contributed by atoms with Crippen LogP contribution in [0, 0.1) is 20.8 Å². The molecule has 11 heavy (non-hydrogen) atoms. The van der Waals surface area contributed by atoms with Crippen molar-refractivity contribution in [2.75, 3.05) is 7.11 Å². The zero-order valence-electron chi connectivity index (χ0n) is 7.43. The van der Waals surface area contributed by atoms with Gasteiger partial charge >= 0.3 is 0 Å². The highest BCUT2D eigenvalue weighted by atomic mass is 16.5. The summed E-state index contributed by atoms with van der Waals surface area (Å²) in [4.78, 5) is 4.30. The predicted molar refractivity (Wildman–Crippen MR) is 45.0 cm³/mol. The summed E-state index contributed by atoms with van der Waals surface area (Å²) in [6.07, 6.45) is 0. The lowest BCUT2D eigenvalue weighted by atomic mass is 10.2. The fourth-order valence-corrected chi connectivity index (χ4v) is 1.07. The summed E-state index contributed by atoms with van der Waals surface area (Å²) in [7, 11) is 1.68. The van der Waals surface area contributed by atoms with Gasteiger partial charge in [0.1, 0.15) is 5.75 Å². The second-order valence-electron chi connectivity index (χ2n) is 2.68. The van der Waals surface area contributed by atoms with Crippen LogP contribution in [0.1, 0.15) is 17.0 Å². The lowest BCUT2D eigenvalue weighted by Crippen LogP contribution is -1.94. The molecule has 0 amide bonds. The van der Waals surface area contributed by atoms with E-state index in [1.54, 1.807) is 7.11 Å². The van der Waals surface area contributed by atoms with Gasteiger partial charge < -0.3 is 4.74 Å². The Balaban J connectivity index is 3.24. The summed E-state index contributed by atoms with van der Waals surface area (Å²) in [5.41, 5.74) is 3.17. The quantitative estimate of drug-likeness (QED) is 0.612. The number of rotatable bonds is 1. The molecule has 2 heteroatoms. The first-order chi connectivity index (χ1) is 5.15. The van der Waals surface area contributed by atoms with E-state index in [2.05, 4.69) is 4.98 Å². The molecule has 0 aliphatic rings. The first-order valence-electron chi connectivity index (χ1n) is 3.64. The Morgan fingerprint density at radius 1 is 1.27 bits per heavy atom. The highest BCUT2D eigenvalue weighted by Crippen LogP contribution is 2.19. The van der Waals surface area contributed by atoms with Crippen LogP contribution in [0.3, 0.4) is 0 Å². The van der Waals surface area contributed by atoms with Crippen molar-refractivity contribution >= 4 is 0 Å². The molecule has 0 fully saturated rings. The largest absolute Gasteiger partial charge is 0.496 e. The minimum absolute atomic E-state index is 0.926. The smallest absolute Gasteiger partial charge is 0.125 e. The molecule has 0 aliphatic carbocycles. The molecule has 0 spiro atoms. The molecule has 0 saturated carbocycles. The van der Waals surface area contributed by atoms with Gasteiger partial charge in [-0.15, -0.1) is 0 Å². The van der Waals surface area contributed by atoms with Gasteiger partial charge in [-0.1, -0.05) is 0 Å². The second-order valence-corrected chi connectivity index (χ2v) is 2.68. The number of pyridine rings is 1. The monoisotopic (exact) mass is 151 g/mol. The van der Waals surface area contributed by atoms with Crippen LogP contribution in [0.4, 0.5) is 0 Å². The Morgan fingerprint density at radius 3 is 2.45 bits per heavy atom. The molecular formula is C9H13NO. The number of aromatic nitrogens is 1. The molecule has 0 aliphatic heterocycles. The summed E-state index contributed by atoms with van der Waals surface area (Å²) < 4.78 is 5.17. The highest BCUT2D eigenvalue weighted by molar-refractivity contribution is 5.36. The van der Waals surface area contributed by atoms with Crippen LogP contribution in [0.5, 0.6) is 5.75 Å². The zero-order chi connectivity index (χ0) is 8.43. The second kappa shape index (κ2) is 2.91. The van der Waals surface area contributed by atoms with Crippen molar-refractivity contribution in [1.82, 2.24) is 4.98 Å². The van der Waals surface area contributed by atoms with E-state index in [-0.39, 0.29) is 0 Å². The SMILES string of the molecule is COc1cc(C)nc(C)c1C. The minimum Gasteiger partial charge on any atom is -0.496 e. The third-order valence-electron chi connectivity index (χ3n) is 1.82. The van der Waals surface area contributed by atoms with Crippen LogP contribution >= 0.6 is 0 Å². The first-order valence-corrected chi connectivity index (χ1v) is 3.64. The molecule has 0 atom stereocenters. The number of nitrogens with zero attached hydrogens (tertiary/aromatic N) is 1. The van der Waals surface area contributed by atoms with Crippen LogP contribution in [0.15, 0.2) is 6.07 Å². The topological polar surface area (TPSA) is 22.1 Å². The standard InChI is InChI=1S/C9H13NO/c1-6-5-9(11-4)7(2)8(3)10-6/h5H,1-4H3. The van der Waals surface area contributed by atoms with Crippen molar-refractivity contribution in [1.29, 1.82) is 0 Å². The van der Waals surface area contributed by atoms with E-state index in [4.69, 9.17) is 4.74 Å². The third-order valence-corrected chi connectivity index (χ3v) is 1.82. The van der Waals surface area contributed by atoms with Gasteiger partial charge in [0.15, 0.2) is 0 Å². The van der Waals surface area contributed by atoms with Crippen molar-refractivity contribution in [2.45, 2.75) is 20.8 Å². The van der Waals surface area contributed by atoms with Crippen molar-refractivity contribution in [2.24, 2.45) is 0 Å². The first kappa shape index (κ1) is 8.05. The van der Waals surface area contributed by atoms with Gasteiger partial charge in [0.25, 0.3) is 0 Å². The van der Waals surface area contributed by atoms with Gasteiger partial charge in [0, 0.05) is 23.0 Å². The van der Waals surface area contributed by atoms with Crippen LogP contribution in [0.2, 0.25) is 0 Å². The molecule has 1 aromatic heterocycles. The number of methoxy groups -OCH3 is 1. The maximum absolute atomic E-state index is 5.17. The van der Waals surface area contributed by atoms with Crippen LogP contribution in [-0.4, -0.2) is 12.1 Å². The summed E-state index contributed by atoms with van der Waals surface area (Å²) in [5.74, 6) is 0.926. The van der Waals surface area contributed by atoms with E-state index >= 15 is 0 Å². The fraction of sp³-hybridized carbons (Fsp3) is 0.444. The third kappa shape index (κ3) is 1.50. The Morgan fingerprint density at radius 2 is 1.91 bits per heavy atom. The normalized spacial score (nSPS) is 9.82. The van der Waals surface area contributed by atoms with Crippen molar-refractivity contribution in [3.05, 3.63) is 23.0 Å². The molecule has 0 N–H and O–H groups in total. The van der Waals surface area contributed by atoms with Gasteiger partial charge in [-0.25, -0.2) is 0 Å². The van der Waals surface area contributed by atoms with Crippen LogP contribution in [0.25, 0.3) is 0 Å². The maximum Gasteiger partial charge on any atom is 0.125 e. The molecule has 1 heterocycles. The van der Waals surface area contributed by atoms with E-state index in [1.165, 1.54) is 0 Å². The number of aryl methyl sites for hydroxylation is 2. The number of hydrogen-bond acceptors (Lipinski definition) is 2. The number of hydrogen-bond donors (Lipinski definition) is 0. The molecule has 0 bridgehead atoms. The number of ether oxygens (including phenoxy) is 1. The van der Waals surface area contributed by atoms with Gasteiger partial charge in [-0.3, -0.25) is 4.98 Å². The Kier molecular flexibility index (Phi) is 2.13. The molecule has 2 nitrogen and oxygen atoms in total. The molecule has 0 saturated heterocycles. The lowest BCUT2D eigenvalue weighted by molar-refractivity contribution is 0.410. The average Bonchev–Trinajstić information content (AvgIpc) is 1.96. The van der Waals surface area contributed by atoms with E-state index < -0.39 is 0 Å². The molecule has 1 rings (SSSR count). The van der Waals surface area contributed by atoms with E-state index in [0.29, 0.717) is 0 Å². The van der Waals surface area contributed by atoms with E-state index in [0.717, 1.165) is 22.7 Å². The van der Waals surface area contributed by atoms with Crippen LogP contribution < -0.4 is 4.74 Å². The highest BCUT2D eigenvalue weighted by Gasteiger charge is 2.02. The summed E-state index contributed by atoms with van der Waals surface area (Å²) in [5, 5.41) is 0. The fourth-order valence-electron chi connectivity index (χ4n) is 1.07. The summed E-state index contributed by atoms with van der Waals surface area (Å²) in [6.45, 7) is 5.97. The summed E-state index contributed by atoms with van der Waals surface area (Å²) in [6, 6.07) is 1.95. The molecule has 1 aromatic rings. The van der Waals surface area contributed by atoms with Gasteiger partial charge in [-0.05, 0) is 20.8 Å². The lowest BCUT2D eigenvalue weighted by Gasteiger charge is -2.07. The zero-order valence-corrected chi connectivity index (χ0v) is 7.43.